The molecule has 1 aromatic carbocycles. The van der Waals surface area contributed by atoms with Crippen LogP contribution in [-0.4, -0.2) is 59.4 Å². The van der Waals surface area contributed by atoms with E-state index in [0.717, 1.165) is 39.3 Å². The van der Waals surface area contributed by atoms with Gasteiger partial charge in [-0.3, -0.25) is 4.79 Å². The van der Waals surface area contributed by atoms with Gasteiger partial charge < -0.3 is 9.42 Å². The molecule has 3 fully saturated rings. The molecule has 3 saturated heterocycles. The Morgan fingerprint density at radius 3 is 1.95 bits per heavy atom. The van der Waals surface area contributed by atoms with E-state index in [1.54, 1.807) is 29.2 Å². The van der Waals surface area contributed by atoms with E-state index < -0.39 is 7.67 Å². The van der Waals surface area contributed by atoms with Gasteiger partial charge in [-0.25, -0.2) is 13.9 Å². The van der Waals surface area contributed by atoms with E-state index in [1.807, 2.05) is 9.34 Å². The number of carbonyl (C=O) groups excluding carboxylic acids is 1. The second-order valence-electron chi connectivity index (χ2n) is 5.31. The maximum atomic E-state index is 12.8. The first-order valence-electron chi connectivity index (χ1n) is 6.87. The highest BCUT2D eigenvalue weighted by molar-refractivity contribution is 7.55. The summed E-state index contributed by atoms with van der Waals surface area (Å²) >= 11 is 0. The molecule has 6 nitrogen and oxygen atoms in total. The van der Waals surface area contributed by atoms with E-state index in [-0.39, 0.29) is 5.91 Å². The fourth-order valence-electron chi connectivity index (χ4n) is 2.12. The van der Waals surface area contributed by atoms with E-state index in [0.29, 0.717) is 11.3 Å². The van der Waals surface area contributed by atoms with E-state index in [1.165, 1.54) is 0 Å². The zero-order chi connectivity index (χ0) is 13.7. The van der Waals surface area contributed by atoms with Gasteiger partial charge in [0.2, 0.25) is 0 Å². The first-order chi connectivity index (χ1) is 9.67. The Labute approximate surface area is 117 Å². The summed E-state index contributed by atoms with van der Waals surface area (Å²) in [6, 6.07) is 6.95. The van der Waals surface area contributed by atoms with E-state index in [9.17, 15) is 9.36 Å². The number of hydrogen-bond donors (Lipinski definition) is 0. The lowest BCUT2D eigenvalue weighted by molar-refractivity contribution is 0.0885. The molecule has 0 radical (unpaired) electrons. The third kappa shape index (κ3) is 2.24. The van der Waals surface area contributed by atoms with Gasteiger partial charge in [0.1, 0.15) is 5.75 Å². The summed E-state index contributed by atoms with van der Waals surface area (Å²) in [6.45, 7) is 5.02. The topological polar surface area (TPSA) is 52.4 Å². The normalized spacial score (nSPS) is 21.7. The highest BCUT2D eigenvalue weighted by Crippen LogP contribution is 2.60. The number of rotatable bonds is 5. The standard InChI is InChI=1S/C13H16N3O3P/c17-13(14-5-6-14)11-1-3-12(4-2-11)19-20(18,15-7-8-15)16-9-10-16/h1-4H,5-10H2. The summed E-state index contributed by atoms with van der Waals surface area (Å²) in [6.07, 6.45) is 0. The number of benzene rings is 1. The van der Waals surface area contributed by atoms with Crippen molar-refractivity contribution in [3.05, 3.63) is 29.8 Å². The maximum absolute atomic E-state index is 12.8. The van der Waals surface area contributed by atoms with Gasteiger partial charge in [-0.05, 0) is 24.3 Å². The third-order valence-corrected chi connectivity index (χ3v) is 6.30. The summed E-state index contributed by atoms with van der Waals surface area (Å²) in [4.78, 5) is 13.6. The van der Waals surface area contributed by atoms with Crippen LogP contribution in [0.15, 0.2) is 24.3 Å². The predicted molar refractivity (Wildman–Crippen MR) is 73.7 cm³/mol. The molecule has 3 aliphatic heterocycles. The van der Waals surface area contributed by atoms with Gasteiger partial charge in [-0.15, -0.1) is 0 Å². The third-order valence-electron chi connectivity index (χ3n) is 3.62. The van der Waals surface area contributed by atoms with E-state index in [4.69, 9.17) is 4.52 Å². The van der Waals surface area contributed by atoms with Gasteiger partial charge in [0.25, 0.3) is 5.91 Å². The second-order valence-corrected chi connectivity index (χ2v) is 7.60. The van der Waals surface area contributed by atoms with E-state index >= 15 is 0 Å². The Kier molecular flexibility index (Phi) is 2.67. The van der Waals surface area contributed by atoms with Crippen LogP contribution in [0.5, 0.6) is 5.75 Å². The molecule has 20 heavy (non-hydrogen) atoms. The van der Waals surface area contributed by atoms with Gasteiger partial charge in [-0.2, -0.15) is 0 Å². The molecule has 1 aromatic rings. The van der Waals surface area contributed by atoms with Crippen LogP contribution < -0.4 is 4.52 Å². The summed E-state index contributed by atoms with van der Waals surface area (Å²) in [7, 11) is -2.84. The molecule has 0 aromatic heterocycles. The van der Waals surface area contributed by atoms with Crippen molar-refractivity contribution in [3.8, 4) is 5.75 Å². The molecule has 3 aliphatic rings. The lowest BCUT2D eigenvalue weighted by Gasteiger charge is -2.20. The number of nitrogens with zero attached hydrogens (tertiary/aromatic N) is 3. The van der Waals surface area contributed by atoms with Gasteiger partial charge >= 0.3 is 7.67 Å². The van der Waals surface area contributed by atoms with Crippen LogP contribution >= 0.6 is 7.67 Å². The minimum atomic E-state index is -2.84. The summed E-state index contributed by atoms with van der Waals surface area (Å²) in [5.74, 6) is 0.617. The highest BCUT2D eigenvalue weighted by Gasteiger charge is 2.50. The molecule has 7 heteroatoms. The average Bonchev–Trinajstić information content (AvgIpc) is 3.35. The minimum absolute atomic E-state index is 0.0524. The number of hydrogen-bond acceptors (Lipinski definition) is 3. The van der Waals surface area contributed by atoms with Gasteiger partial charge in [-0.1, -0.05) is 0 Å². The highest BCUT2D eigenvalue weighted by atomic mass is 31.2. The minimum Gasteiger partial charge on any atom is -0.422 e. The van der Waals surface area contributed by atoms with Crippen molar-refractivity contribution in [1.82, 2.24) is 14.2 Å². The Bertz CT molecular complexity index is 575. The molecule has 4 rings (SSSR count). The number of amides is 1. The summed E-state index contributed by atoms with van der Waals surface area (Å²) in [5.41, 5.74) is 0.656. The molecular weight excluding hydrogens is 277 g/mol. The van der Waals surface area contributed by atoms with Crippen LogP contribution in [0.2, 0.25) is 0 Å². The zero-order valence-electron chi connectivity index (χ0n) is 11.1. The Hall–Kier alpha value is -1.36. The molecule has 0 atom stereocenters. The van der Waals surface area contributed by atoms with Crippen LogP contribution in [0.25, 0.3) is 0 Å². The van der Waals surface area contributed by atoms with Gasteiger partial charge in [0, 0.05) is 44.8 Å². The van der Waals surface area contributed by atoms with E-state index in [2.05, 4.69) is 0 Å². The predicted octanol–water partition coefficient (Wildman–Crippen LogP) is 1.26. The first-order valence-corrected chi connectivity index (χ1v) is 8.40. The monoisotopic (exact) mass is 293 g/mol. The summed E-state index contributed by atoms with van der Waals surface area (Å²) < 4.78 is 22.3. The van der Waals surface area contributed by atoms with Crippen LogP contribution in [0.4, 0.5) is 0 Å². The molecule has 0 unspecified atom stereocenters. The number of carbonyl (C=O) groups is 1. The molecule has 1 amide bonds. The van der Waals surface area contributed by atoms with Crippen LogP contribution in [-0.2, 0) is 4.57 Å². The second kappa shape index (κ2) is 4.32. The van der Waals surface area contributed by atoms with Gasteiger partial charge in [0.15, 0.2) is 0 Å². The van der Waals surface area contributed by atoms with Crippen molar-refractivity contribution < 1.29 is 13.9 Å². The van der Waals surface area contributed by atoms with Crippen molar-refractivity contribution in [1.29, 1.82) is 0 Å². The summed E-state index contributed by atoms with van der Waals surface area (Å²) in [5, 5.41) is 0. The quantitative estimate of drug-likeness (QED) is 0.604. The molecule has 3 heterocycles. The van der Waals surface area contributed by atoms with Crippen molar-refractivity contribution in [2.75, 3.05) is 39.3 Å². The molecule has 0 N–H and O–H groups in total. The molecular formula is C13H16N3O3P. The molecule has 0 aliphatic carbocycles. The van der Waals surface area contributed by atoms with Crippen LogP contribution in [0.1, 0.15) is 10.4 Å². The lowest BCUT2D eigenvalue weighted by atomic mass is 10.2. The Morgan fingerprint density at radius 2 is 1.50 bits per heavy atom. The Morgan fingerprint density at radius 1 is 0.950 bits per heavy atom. The van der Waals surface area contributed by atoms with Gasteiger partial charge in [0.05, 0.1) is 0 Å². The average molecular weight is 293 g/mol. The smallest absolute Gasteiger partial charge is 0.395 e. The van der Waals surface area contributed by atoms with Crippen LogP contribution in [0.3, 0.4) is 0 Å². The fraction of sp³-hybridized carbons (Fsp3) is 0.462. The molecule has 106 valence electrons. The van der Waals surface area contributed by atoms with Crippen molar-refractivity contribution in [3.63, 3.8) is 0 Å². The first kappa shape index (κ1) is 12.4. The van der Waals surface area contributed by atoms with Crippen molar-refractivity contribution in [2.24, 2.45) is 0 Å². The largest absolute Gasteiger partial charge is 0.422 e. The van der Waals surface area contributed by atoms with Crippen LogP contribution in [0, 0.1) is 0 Å². The molecule has 0 bridgehead atoms. The maximum Gasteiger partial charge on any atom is 0.395 e. The zero-order valence-corrected chi connectivity index (χ0v) is 12.0. The van der Waals surface area contributed by atoms with Crippen molar-refractivity contribution in [2.45, 2.75) is 0 Å². The molecule has 0 saturated carbocycles. The fourth-order valence-corrected chi connectivity index (χ4v) is 4.30. The Balaban J connectivity index is 1.50. The SMILES string of the molecule is O=C(c1ccc(OP(=O)(N2CC2)N2CC2)cc1)N1CC1. The lowest BCUT2D eigenvalue weighted by Crippen LogP contribution is -2.11. The molecule has 0 spiro atoms. The van der Waals surface area contributed by atoms with Crippen molar-refractivity contribution >= 4 is 13.6 Å².